The van der Waals surface area contributed by atoms with Gasteiger partial charge in [0.15, 0.2) is 18.2 Å². The molecular formula is C23H26ClF2N5O3S. The summed E-state index contributed by atoms with van der Waals surface area (Å²) in [5.41, 5.74) is 6.45. The number of alkyl halides is 2. The van der Waals surface area contributed by atoms with Crippen LogP contribution in [0, 0.1) is 12.8 Å². The third kappa shape index (κ3) is 4.78. The summed E-state index contributed by atoms with van der Waals surface area (Å²) in [6, 6.07) is 3.41. The van der Waals surface area contributed by atoms with E-state index in [2.05, 4.69) is 15.0 Å². The Morgan fingerprint density at radius 3 is 2.91 bits per heavy atom. The predicted octanol–water partition coefficient (Wildman–Crippen LogP) is 3.25. The second-order valence-electron chi connectivity index (χ2n) is 9.19. The molecule has 35 heavy (non-hydrogen) atoms. The van der Waals surface area contributed by atoms with Gasteiger partial charge in [-0.05, 0) is 38.0 Å². The zero-order chi connectivity index (χ0) is 24.8. The number of pyridine rings is 1. The van der Waals surface area contributed by atoms with Crippen LogP contribution in [-0.4, -0.2) is 68.6 Å². The van der Waals surface area contributed by atoms with Crippen molar-refractivity contribution in [2.75, 3.05) is 26.3 Å². The van der Waals surface area contributed by atoms with Crippen molar-refractivity contribution in [3.63, 3.8) is 0 Å². The Morgan fingerprint density at radius 1 is 1.40 bits per heavy atom. The van der Waals surface area contributed by atoms with Gasteiger partial charge in [-0.3, -0.25) is 9.69 Å². The fourth-order valence-electron chi connectivity index (χ4n) is 4.99. The first-order valence-electron chi connectivity index (χ1n) is 11.4. The molecule has 0 aliphatic carbocycles. The first kappa shape index (κ1) is 24.5. The normalized spacial score (nSPS) is 25.3. The number of hydrogen-bond donors (Lipinski definition) is 1. The molecule has 0 radical (unpaired) electrons. The van der Waals surface area contributed by atoms with E-state index in [-0.39, 0.29) is 11.9 Å². The minimum atomic E-state index is -2.89. The number of ether oxygens (including phenoxy) is 2. The molecule has 5 rings (SSSR count). The number of primary amides is 1. The highest BCUT2D eigenvalue weighted by molar-refractivity contribution is 8.05. The van der Waals surface area contributed by atoms with E-state index in [4.69, 9.17) is 26.8 Å². The highest BCUT2D eigenvalue weighted by atomic mass is 35.5. The maximum absolute atomic E-state index is 14.4. The Kier molecular flexibility index (Phi) is 6.54. The summed E-state index contributed by atoms with van der Waals surface area (Å²) in [7, 11) is 0. The van der Waals surface area contributed by atoms with Crippen molar-refractivity contribution < 1.29 is 23.0 Å². The van der Waals surface area contributed by atoms with Crippen molar-refractivity contribution >= 4 is 29.3 Å². The van der Waals surface area contributed by atoms with E-state index < -0.39 is 30.0 Å². The van der Waals surface area contributed by atoms with Gasteiger partial charge in [-0.2, -0.15) is 5.10 Å². The van der Waals surface area contributed by atoms with Gasteiger partial charge in [-0.1, -0.05) is 11.6 Å². The molecule has 8 nitrogen and oxygen atoms in total. The SMILES string of the molecule is Cc1nn(-c2ncccc2OCC(N)=O)cc1CN1CCC2(CC1)OCC(F)(F)C1C=C(Cl)SC12. The summed E-state index contributed by atoms with van der Waals surface area (Å²) in [5.74, 6) is -3.49. The van der Waals surface area contributed by atoms with Gasteiger partial charge in [-0.25, -0.2) is 18.4 Å². The molecule has 3 aliphatic rings. The lowest BCUT2D eigenvalue weighted by molar-refractivity contribution is -0.215. The number of allylic oxidation sites excluding steroid dienone is 1. The Balaban J connectivity index is 1.26. The molecule has 2 N–H and O–H groups in total. The second-order valence-corrected chi connectivity index (χ2v) is 11.0. The number of nitrogens with two attached hydrogens (primary N) is 1. The number of piperidine rings is 1. The molecule has 12 heteroatoms. The van der Waals surface area contributed by atoms with E-state index in [0.29, 0.717) is 48.4 Å². The van der Waals surface area contributed by atoms with Crippen LogP contribution < -0.4 is 10.5 Å². The second kappa shape index (κ2) is 9.34. The topological polar surface area (TPSA) is 95.5 Å². The van der Waals surface area contributed by atoms with Gasteiger partial charge in [0.1, 0.15) is 6.61 Å². The fraction of sp³-hybridized carbons (Fsp3) is 0.522. The summed E-state index contributed by atoms with van der Waals surface area (Å²) in [6.45, 7) is 3.19. The van der Waals surface area contributed by atoms with Gasteiger partial charge < -0.3 is 15.2 Å². The van der Waals surface area contributed by atoms with Gasteiger partial charge in [0.2, 0.25) is 0 Å². The van der Waals surface area contributed by atoms with Crippen molar-refractivity contribution in [3.8, 4) is 11.6 Å². The molecule has 3 aliphatic heterocycles. The van der Waals surface area contributed by atoms with Crippen LogP contribution in [0.3, 0.4) is 0 Å². The number of carbonyl (C=O) groups is 1. The third-order valence-electron chi connectivity index (χ3n) is 6.87. The molecule has 1 spiro atoms. The van der Waals surface area contributed by atoms with Crippen molar-refractivity contribution in [2.45, 2.75) is 43.1 Å². The van der Waals surface area contributed by atoms with E-state index in [9.17, 15) is 13.6 Å². The lowest BCUT2D eigenvalue weighted by Gasteiger charge is -2.51. The molecule has 2 fully saturated rings. The minimum Gasteiger partial charge on any atom is -0.480 e. The van der Waals surface area contributed by atoms with Crippen LogP contribution in [-0.2, 0) is 16.1 Å². The number of amides is 1. The van der Waals surface area contributed by atoms with E-state index in [0.717, 1.165) is 11.3 Å². The first-order valence-corrected chi connectivity index (χ1v) is 12.6. The summed E-state index contributed by atoms with van der Waals surface area (Å²) >= 11 is 7.46. The molecule has 2 aromatic heterocycles. The number of thioether (sulfide) groups is 1. The summed E-state index contributed by atoms with van der Waals surface area (Å²) < 4.78 is 42.3. The highest BCUT2D eigenvalue weighted by Gasteiger charge is 2.60. The molecule has 5 heterocycles. The third-order valence-corrected chi connectivity index (χ3v) is 8.60. The zero-order valence-corrected chi connectivity index (χ0v) is 20.7. The van der Waals surface area contributed by atoms with Crippen molar-refractivity contribution in [1.82, 2.24) is 19.7 Å². The number of aromatic nitrogens is 3. The Morgan fingerprint density at radius 2 is 2.17 bits per heavy atom. The number of likely N-dealkylation sites (tertiary alicyclic amines) is 1. The molecular weight excluding hydrogens is 500 g/mol. The van der Waals surface area contributed by atoms with Crippen molar-refractivity contribution in [1.29, 1.82) is 0 Å². The maximum Gasteiger partial charge on any atom is 0.278 e. The largest absolute Gasteiger partial charge is 0.480 e. The van der Waals surface area contributed by atoms with Crippen LogP contribution in [0.4, 0.5) is 8.78 Å². The smallest absolute Gasteiger partial charge is 0.278 e. The molecule has 0 aromatic carbocycles. The Labute approximate surface area is 210 Å². The molecule has 2 atom stereocenters. The van der Waals surface area contributed by atoms with E-state index in [1.54, 1.807) is 23.0 Å². The fourth-order valence-corrected chi connectivity index (χ4v) is 6.83. The van der Waals surface area contributed by atoms with E-state index in [1.165, 1.54) is 17.8 Å². The van der Waals surface area contributed by atoms with Gasteiger partial charge in [0.05, 0.1) is 26.8 Å². The number of halogens is 3. The minimum absolute atomic E-state index is 0.254. The number of carbonyl (C=O) groups excluding carboxylic acids is 1. The van der Waals surface area contributed by atoms with Crippen LogP contribution in [0.25, 0.3) is 5.82 Å². The number of hydrogen-bond acceptors (Lipinski definition) is 7. The van der Waals surface area contributed by atoms with Crippen LogP contribution >= 0.6 is 23.4 Å². The molecule has 2 unspecified atom stereocenters. The monoisotopic (exact) mass is 525 g/mol. The summed E-state index contributed by atoms with van der Waals surface area (Å²) in [4.78, 5) is 17.7. The lowest BCUT2D eigenvalue weighted by Crippen LogP contribution is -2.61. The first-order chi connectivity index (χ1) is 16.7. The lowest BCUT2D eigenvalue weighted by atomic mass is 9.77. The van der Waals surface area contributed by atoms with Crippen molar-refractivity contribution in [3.05, 3.63) is 46.2 Å². The van der Waals surface area contributed by atoms with Gasteiger partial charge >= 0.3 is 0 Å². The standard InChI is InChI=1S/C23H26ClF2N5O3S/c1-14-15(11-31(29-14)21-17(3-2-6-28-21)33-12-19(27)32)10-30-7-4-22(5-8-30)20-16(9-18(24)35-20)23(25,26)13-34-22/h2-3,6,9,11,16,20H,4-5,7-8,10,12-13H2,1H3,(H2,27,32). The van der Waals surface area contributed by atoms with Gasteiger partial charge in [-0.15, -0.1) is 11.8 Å². The number of rotatable bonds is 6. The van der Waals surface area contributed by atoms with Crippen LogP contribution in [0.5, 0.6) is 5.75 Å². The predicted molar refractivity (Wildman–Crippen MR) is 128 cm³/mol. The average molecular weight is 526 g/mol. The molecule has 0 bridgehead atoms. The van der Waals surface area contributed by atoms with E-state index in [1.807, 2.05) is 13.1 Å². The molecule has 1 amide bonds. The summed E-state index contributed by atoms with van der Waals surface area (Å²) in [5, 5.41) is 4.22. The molecule has 188 valence electrons. The number of fused-ring (bicyclic) bond motifs is 2. The van der Waals surface area contributed by atoms with Crippen LogP contribution in [0.15, 0.2) is 35.0 Å². The van der Waals surface area contributed by atoms with Gasteiger partial charge in [0, 0.05) is 37.6 Å². The quantitative estimate of drug-likeness (QED) is 0.618. The molecule has 2 aromatic rings. The molecule has 2 saturated heterocycles. The summed E-state index contributed by atoms with van der Waals surface area (Å²) in [6.07, 6.45) is 6.34. The average Bonchev–Trinajstić information content (AvgIpc) is 3.41. The van der Waals surface area contributed by atoms with Crippen molar-refractivity contribution in [2.24, 2.45) is 11.7 Å². The Bertz CT molecular complexity index is 1150. The number of aryl methyl sites for hydroxylation is 1. The van der Waals surface area contributed by atoms with Gasteiger partial charge in [0.25, 0.3) is 11.8 Å². The highest BCUT2D eigenvalue weighted by Crippen LogP contribution is 2.56. The van der Waals surface area contributed by atoms with Crippen LogP contribution in [0.1, 0.15) is 24.1 Å². The zero-order valence-electron chi connectivity index (χ0n) is 19.1. The van der Waals surface area contributed by atoms with E-state index >= 15 is 0 Å². The van der Waals surface area contributed by atoms with Crippen LogP contribution in [0.2, 0.25) is 0 Å². The maximum atomic E-state index is 14.4. The number of nitrogens with zero attached hydrogens (tertiary/aromatic N) is 4. The Hall–Kier alpha value is -2.21. The molecule has 0 saturated carbocycles.